The zero-order chi connectivity index (χ0) is 21.4. The van der Waals surface area contributed by atoms with E-state index in [0.717, 1.165) is 11.1 Å². The van der Waals surface area contributed by atoms with Crippen LogP contribution in [0.2, 0.25) is 0 Å². The number of aryl methyl sites for hydroxylation is 2. The molecule has 2 aromatic rings. The Kier molecular flexibility index (Phi) is 5.88. The smallest absolute Gasteiger partial charge is 0.253 e. The average Bonchev–Trinajstić information content (AvgIpc) is 2.68. The normalized spacial score (nSPS) is 16.1. The van der Waals surface area contributed by atoms with Crippen LogP contribution in [0.5, 0.6) is 0 Å². The van der Waals surface area contributed by atoms with Crippen LogP contribution in [0.15, 0.2) is 47.4 Å². The Balaban J connectivity index is 1.70. The third-order valence-corrected chi connectivity index (χ3v) is 7.53. The molecule has 3 rings (SSSR count). The molecule has 1 fully saturated rings. The number of carbonyl (C=O) groups is 1. The largest absolute Gasteiger partial charge is 0.336 e. The molecule has 0 aliphatic carbocycles. The lowest BCUT2D eigenvalue weighted by Gasteiger charge is -2.34. The van der Waals surface area contributed by atoms with Crippen molar-refractivity contribution < 1.29 is 13.2 Å². The molecule has 0 N–H and O–H groups in total. The van der Waals surface area contributed by atoms with Crippen LogP contribution in [-0.2, 0) is 15.4 Å². The van der Waals surface area contributed by atoms with Gasteiger partial charge in [-0.15, -0.1) is 0 Å². The number of sulfonamides is 1. The van der Waals surface area contributed by atoms with E-state index in [2.05, 4.69) is 20.8 Å². The summed E-state index contributed by atoms with van der Waals surface area (Å²) >= 11 is 0. The third kappa shape index (κ3) is 4.54. The van der Waals surface area contributed by atoms with Crippen molar-refractivity contribution in [2.75, 3.05) is 26.2 Å². The SMILES string of the molecule is Cc1ccc(C)c(S(=O)(=O)N2CCN(C(=O)c3ccc(C(C)(C)C)cc3)CC2)c1. The van der Waals surface area contributed by atoms with E-state index in [4.69, 9.17) is 0 Å². The van der Waals surface area contributed by atoms with E-state index in [9.17, 15) is 13.2 Å². The molecule has 1 heterocycles. The lowest BCUT2D eigenvalue weighted by atomic mass is 9.86. The first-order valence-electron chi connectivity index (χ1n) is 9.97. The molecule has 0 spiro atoms. The van der Waals surface area contributed by atoms with Gasteiger partial charge in [0.25, 0.3) is 5.91 Å². The first-order valence-corrected chi connectivity index (χ1v) is 11.4. The van der Waals surface area contributed by atoms with Crippen molar-refractivity contribution in [1.82, 2.24) is 9.21 Å². The van der Waals surface area contributed by atoms with Gasteiger partial charge in [-0.3, -0.25) is 4.79 Å². The third-order valence-electron chi connectivity index (χ3n) is 5.49. The zero-order valence-corrected chi connectivity index (χ0v) is 18.7. The summed E-state index contributed by atoms with van der Waals surface area (Å²) in [6.45, 7) is 11.5. The Hall–Kier alpha value is -2.18. The van der Waals surface area contributed by atoms with Crippen molar-refractivity contribution in [1.29, 1.82) is 0 Å². The highest BCUT2D eigenvalue weighted by Gasteiger charge is 2.31. The van der Waals surface area contributed by atoms with Gasteiger partial charge in [0.1, 0.15) is 0 Å². The minimum atomic E-state index is -3.56. The summed E-state index contributed by atoms with van der Waals surface area (Å²) in [7, 11) is -3.56. The molecule has 1 aliphatic rings. The lowest BCUT2D eigenvalue weighted by molar-refractivity contribution is 0.0698. The highest BCUT2D eigenvalue weighted by molar-refractivity contribution is 7.89. The van der Waals surface area contributed by atoms with Gasteiger partial charge >= 0.3 is 0 Å². The molecule has 0 radical (unpaired) electrons. The maximum Gasteiger partial charge on any atom is 0.253 e. The maximum atomic E-state index is 13.1. The van der Waals surface area contributed by atoms with Crippen molar-refractivity contribution >= 4 is 15.9 Å². The second-order valence-corrected chi connectivity index (χ2v) is 10.7. The molecule has 0 unspecified atom stereocenters. The quantitative estimate of drug-likeness (QED) is 0.769. The van der Waals surface area contributed by atoms with Crippen LogP contribution in [0.25, 0.3) is 0 Å². The highest BCUT2D eigenvalue weighted by Crippen LogP contribution is 2.24. The first kappa shape index (κ1) is 21.5. The van der Waals surface area contributed by atoms with Crippen LogP contribution in [0.1, 0.15) is 47.8 Å². The van der Waals surface area contributed by atoms with Gasteiger partial charge in [-0.2, -0.15) is 4.31 Å². The fraction of sp³-hybridized carbons (Fsp3) is 0.435. The van der Waals surface area contributed by atoms with Crippen LogP contribution >= 0.6 is 0 Å². The van der Waals surface area contributed by atoms with E-state index in [1.807, 2.05) is 50.2 Å². The number of piperazine rings is 1. The highest BCUT2D eigenvalue weighted by atomic mass is 32.2. The Bertz CT molecular complexity index is 997. The van der Waals surface area contributed by atoms with E-state index >= 15 is 0 Å². The van der Waals surface area contributed by atoms with Crippen LogP contribution in [0.3, 0.4) is 0 Å². The summed E-state index contributed by atoms with van der Waals surface area (Å²) in [5, 5.41) is 0. The topological polar surface area (TPSA) is 57.7 Å². The maximum absolute atomic E-state index is 13.1. The van der Waals surface area contributed by atoms with Crippen LogP contribution in [-0.4, -0.2) is 49.7 Å². The second kappa shape index (κ2) is 7.92. The second-order valence-electron chi connectivity index (χ2n) is 8.79. The van der Waals surface area contributed by atoms with Crippen molar-refractivity contribution in [2.45, 2.75) is 44.9 Å². The summed E-state index contributed by atoms with van der Waals surface area (Å²) in [5.74, 6) is -0.0470. The van der Waals surface area contributed by atoms with Gasteiger partial charge < -0.3 is 4.90 Å². The van der Waals surface area contributed by atoms with Crippen molar-refractivity contribution in [3.05, 3.63) is 64.7 Å². The Labute approximate surface area is 174 Å². The molecule has 0 saturated carbocycles. The van der Waals surface area contributed by atoms with Crippen molar-refractivity contribution in [3.8, 4) is 0 Å². The Morgan fingerprint density at radius 2 is 1.48 bits per heavy atom. The summed E-state index contributed by atoms with van der Waals surface area (Å²) in [6, 6.07) is 13.2. The van der Waals surface area contributed by atoms with Gasteiger partial charge in [0, 0.05) is 31.7 Å². The lowest BCUT2D eigenvalue weighted by Crippen LogP contribution is -2.50. The summed E-state index contributed by atoms with van der Waals surface area (Å²) in [4.78, 5) is 14.9. The fourth-order valence-electron chi connectivity index (χ4n) is 3.55. The first-order chi connectivity index (χ1) is 13.5. The van der Waals surface area contributed by atoms with Crippen LogP contribution in [0.4, 0.5) is 0 Å². The van der Waals surface area contributed by atoms with Crippen LogP contribution in [0, 0.1) is 13.8 Å². The molecule has 0 atom stereocenters. The van der Waals surface area contributed by atoms with E-state index in [1.165, 1.54) is 9.87 Å². The molecule has 156 valence electrons. The number of nitrogens with zero attached hydrogens (tertiary/aromatic N) is 2. The molecule has 6 heteroatoms. The number of rotatable bonds is 3. The molecular weight excluding hydrogens is 384 g/mol. The monoisotopic (exact) mass is 414 g/mol. The average molecular weight is 415 g/mol. The number of amides is 1. The predicted molar refractivity (Wildman–Crippen MR) is 116 cm³/mol. The zero-order valence-electron chi connectivity index (χ0n) is 17.9. The van der Waals surface area contributed by atoms with Crippen molar-refractivity contribution in [3.63, 3.8) is 0 Å². The van der Waals surface area contributed by atoms with Gasteiger partial charge in [0.05, 0.1) is 4.90 Å². The summed E-state index contributed by atoms with van der Waals surface area (Å²) in [6.07, 6.45) is 0. The predicted octanol–water partition coefficient (Wildman–Crippen LogP) is 3.75. The van der Waals surface area contributed by atoms with Gasteiger partial charge in [-0.05, 0) is 54.2 Å². The molecule has 1 amide bonds. The summed E-state index contributed by atoms with van der Waals surface area (Å²) < 4.78 is 27.6. The van der Waals surface area contributed by atoms with E-state index < -0.39 is 10.0 Å². The standard InChI is InChI=1S/C23H30N2O3S/c1-17-6-7-18(2)21(16-17)29(27,28)25-14-12-24(13-15-25)22(26)19-8-10-20(11-9-19)23(3,4)5/h6-11,16H,12-15H2,1-5H3. The molecule has 29 heavy (non-hydrogen) atoms. The van der Waals surface area contributed by atoms with Gasteiger partial charge in [0.15, 0.2) is 0 Å². The number of carbonyl (C=O) groups excluding carboxylic acids is 1. The molecule has 0 aromatic heterocycles. The van der Waals surface area contributed by atoms with Gasteiger partial charge in [-0.1, -0.05) is 45.0 Å². The van der Waals surface area contributed by atoms with Crippen LogP contribution < -0.4 is 0 Å². The molecule has 2 aromatic carbocycles. The fourth-order valence-corrected chi connectivity index (χ4v) is 5.28. The number of benzene rings is 2. The Morgan fingerprint density at radius 1 is 0.897 bits per heavy atom. The molecule has 0 bridgehead atoms. The van der Waals surface area contributed by atoms with Gasteiger partial charge in [0.2, 0.25) is 10.0 Å². The molecule has 1 saturated heterocycles. The van der Waals surface area contributed by atoms with Gasteiger partial charge in [-0.25, -0.2) is 8.42 Å². The summed E-state index contributed by atoms with van der Waals surface area (Å²) in [5.41, 5.74) is 3.52. The number of hydrogen-bond donors (Lipinski definition) is 0. The number of hydrogen-bond acceptors (Lipinski definition) is 3. The minimum Gasteiger partial charge on any atom is -0.336 e. The van der Waals surface area contributed by atoms with E-state index in [1.54, 1.807) is 11.0 Å². The van der Waals surface area contributed by atoms with Crippen molar-refractivity contribution in [2.24, 2.45) is 0 Å². The Morgan fingerprint density at radius 3 is 2.03 bits per heavy atom. The van der Waals surface area contributed by atoms with E-state index in [0.29, 0.717) is 36.6 Å². The van der Waals surface area contributed by atoms with E-state index in [-0.39, 0.29) is 11.3 Å². The molecule has 1 aliphatic heterocycles. The molecular formula is C23H30N2O3S. The molecule has 5 nitrogen and oxygen atoms in total. The minimum absolute atomic E-state index is 0.0372.